The van der Waals surface area contributed by atoms with Crippen molar-refractivity contribution in [2.75, 3.05) is 12.4 Å². The van der Waals surface area contributed by atoms with Gasteiger partial charge in [-0.05, 0) is 60.7 Å². The number of amides is 1. The minimum atomic E-state index is -0.298. The van der Waals surface area contributed by atoms with Gasteiger partial charge < -0.3 is 10.1 Å². The fraction of sp³-hybridized carbons (Fsp3) is 0.0500. The fourth-order valence-electron chi connectivity index (χ4n) is 2.69. The number of fused-ring (bicyclic) bond motifs is 1. The number of carbonyl (C=O) groups excluding carboxylic acids is 1. The number of nitrogens with one attached hydrogen (secondary N) is 1. The van der Waals surface area contributed by atoms with E-state index in [-0.39, 0.29) is 5.91 Å². The summed E-state index contributed by atoms with van der Waals surface area (Å²) in [6.07, 6.45) is 0. The lowest BCUT2D eigenvalue weighted by Gasteiger charge is -2.07. The quantitative estimate of drug-likeness (QED) is 0.463. The lowest BCUT2D eigenvalue weighted by atomic mass is 10.2. The number of methoxy groups -OCH3 is 1. The summed E-state index contributed by atoms with van der Waals surface area (Å²) in [6.45, 7) is 0. The number of carbonyl (C=O) groups is 1. The fourth-order valence-corrected chi connectivity index (χ4v) is 3.26. The number of ether oxygens (including phenoxy) is 1. The first-order valence-corrected chi connectivity index (χ1v) is 9.48. The van der Waals surface area contributed by atoms with E-state index in [1.807, 2.05) is 24.3 Å². The largest absolute Gasteiger partial charge is 0.497 e. The molecule has 4 rings (SSSR count). The van der Waals surface area contributed by atoms with Gasteiger partial charge in [0.15, 0.2) is 0 Å². The molecule has 0 radical (unpaired) electrons. The molecule has 1 aromatic heterocycles. The minimum Gasteiger partial charge on any atom is -0.497 e. The topological polar surface area (TPSA) is 69.0 Å². The first-order chi connectivity index (χ1) is 13.5. The lowest BCUT2D eigenvalue weighted by Crippen LogP contribution is -2.12. The van der Waals surface area contributed by atoms with E-state index >= 15 is 0 Å². The summed E-state index contributed by atoms with van der Waals surface area (Å²) < 4.78 is 5.94. The second kappa shape index (κ2) is 7.61. The van der Waals surface area contributed by atoms with Crippen molar-refractivity contribution in [1.29, 1.82) is 0 Å². The summed E-state index contributed by atoms with van der Waals surface area (Å²) >= 11 is 9.48. The smallest absolute Gasteiger partial charge is 0.257 e. The van der Waals surface area contributed by atoms with Crippen LogP contribution in [0.15, 0.2) is 65.1 Å². The predicted octanol–water partition coefficient (Wildman–Crippen LogP) is 5.10. The van der Waals surface area contributed by atoms with Crippen LogP contribution in [-0.4, -0.2) is 28.0 Å². The molecule has 0 aliphatic heterocycles. The van der Waals surface area contributed by atoms with Crippen molar-refractivity contribution in [3.63, 3.8) is 0 Å². The SMILES string of the molecule is COc1ccc(-n2nc3ccc(NC(=O)c4cc(Br)ccc4Cl)cc3n2)cc1. The normalized spacial score (nSPS) is 10.8. The average Bonchev–Trinajstić information content (AvgIpc) is 3.13. The predicted molar refractivity (Wildman–Crippen MR) is 113 cm³/mol. The van der Waals surface area contributed by atoms with Crippen molar-refractivity contribution in [2.24, 2.45) is 0 Å². The molecule has 0 bridgehead atoms. The molecule has 0 atom stereocenters. The van der Waals surface area contributed by atoms with Gasteiger partial charge in [0.05, 0.1) is 23.4 Å². The van der Waals surface area contributed by atoms with Crippen LogP contribution in [0.1, 0.15) is 10.4 Å². The molecule has 0 fully saturated rings. The van der Waals surface area contributed by atoms with Crippen molar-refractivity contribution in [1.82, 2.24) is 15.0 Å². The lowest BCUT2D eigenvalue weighted by molar-refractivity contribution is 0.102. The summed E-state index contributed by atoms with van der Waals surface area (Å²) in [5.41, 5.74) is 3.18. The van der Waals surface area contributed by atoms with Crippen molar-refractivity contribution in [3.05, 3.63) is 75.7 Å². The van der Waals surface area contributed by atoms with Crippen LogP contribution < -0.4 is 10.1 Å². The highest BCUT2D eigenvalue weighted by Gasteiger charge is 2.12. The maximum absolute atomic E-state index is 12.5. The first kappa shape index (κ1) is 18.5. The molecule has 0 saturated heterocycles. The third-order valence-electron chi connectivity index (χ3n) is 4.11. The summed E-state index contributed by atoms with van der Waals surface area (Å²) in [5.74, 6) is 0.463. The Kier molecular flexibility index (Phi) is 5.02. The van der Waals surface area contributed by atoms with E-state index < -0.39 is 0 Å². The molecule has 28 heavy (non-hydrogen) atoms. The molecule has 0 unspecified atom stereocenters. The summed E-state index contributed by atoms with van der Waals surface area (Å²) in [5, 5.41) is 12.2. The Morgan fingerprint density at radius 1 is 1.04 bits per heavy atom. The van der Waals surface area contributed by atoms with Gasteiger partial charge in [-0.1, -0.05) is 27.5 Å². The minimum absolute atomic E-state index is 0.298. The first-order valence-electron chi connectivity index (χ1n) is 8.31. The van der Waals surface area contributed by atoms with Gasteiger partial charge in [0.1, 0.15) is 16.8 Å². The molecule has 6 nitrogen and oxygen atoms in total. The molecule has 140 valence electrons. The molecule has 3 aromatic carbocycles. The monoisotopic (exact) mass is 456 g/mol. The molecular formula is C20H14BrClN4O2. The number of aromatic nitrogens is 3. The Bertz CT molecular complexity index is 1170. The highest BCUT2D eigenvalue weighted by Crippen LogP contribution is 2.23. The van der Waals surface area contributed by atoms with Crippen LogP contribution in [0.5, 0.6) is 5.75 Å². The molecule has 0 saturated carbocycles. The second-order valence-electron chi connectivity index (χ2n) is 5.97. The number of nitrogens with zero attached hydrogens (tertiary/aromatic N) is 3. The van der Waals surface area contributed by atoms with Crippen LogP contribution in [0, 0.1) is 0 Å². The number of hydrogen-bond donors (Lipinski definition) is 1. The maximum Gasteiger partial charge on any atom is 0.257 e. The van der Waals surface area contributed by atoms with Gasteiger partial charge >= 0.3 is 0 Å². The summed E-state index contributed by atoms with van der Waals surface area (Å²) in [7, 11) is 1.62. The molecule has 1 heterocycles. The van der Waals surface area contributed by atoms with E-state index in [4.69, 9.17) is 16.3 Å². The van der Waals surface area contributed by atoms with Crippen molar-refractivity contribution >= 4 is 50.2 Å². The van der Waals surface area contributed by atoms with E-state index in [2.05, 4.69) is 31.4 Å². The number of rotatable bonds is 4. The molecule has 1 N–H and O–H groups in total. The van der Waals surface area contributed by atoms with E-state index in [1.165, 1.54) is 0 Å². The van der Waals surface area contributed by atoms with Crippen molar-refractivity contribution in [3.8, 4) is 11.4 Å². The molecule has 0 aliphatic carbocycles. The number of benzene rings is 3. The van der Waals surface area contributed by atoms with Gasteiger partial charge in [-0.15, -0.1) is 10.2 Å². The molecule has 4 aromatic rings. The van der Waals surface area contributed by atoms with Crippen molar-refractivity contribution < 1.29 is 9.53 Å². The Hall–Kier alpha value is -2.90. The van der Waals surface area contributed by atoms with Crippen molar-refractivity contribution in [2.45, 2.75) is 0 Å². The molecule has 0 aliphatic rings. The van der Waals surface area contributed by atoms with Crippen LogP contribution in [0.4, 0.5) is 5.69 Å². The van der Waals surface area contributed by atoms with Gasteiger partial charge in [-0.2, -0.15) is 4.80 Å². The van der Waals surface area contributed by atoms with Gasteiger partial charge in [0.25, 0.3) is 5.91 Å². The Labute approximate surface area is 174 Å². The zero-order chi connectivity index (χ0) is 19.7. The van der Waals surface area contributed by atoms with E-state index in [9.17, 15) is 4.79 Å². The van der Waals surface area contributed by atoms with Crippen LogP contribution in [0.3, 0.4) is 0 Å². The zero-order valence-electron chi connectivity index (χ0n) is 14.7. The van der Waals surface area contributed by atoms with Crippen LogP contribution in [0.2, 0.25) is 5.02 Å². The third-order valence-corrected chi connectivity index (χ3v) is 4.94. The van der Waals surface area contributed by atoms with E-state index in [1.54, 1.807) is 48.3 Å². The van der Waals surface area contributed by atoms with Gasteiger partial charge in [0.2, 0.25) is 0 Å². The van der Waals surface area contributed by atoms with Crippen LogP contribution >= 0.6 is 27.5 Å². The highest BCUT2D eigenvalue weighted by atomic mass is 79.9. The van der Waals surface area contributed by atoms with Gasteiger partial charge in [-0.25, -0.2) is 0 Å². The Morgan fingerprint density at radius 3 is 2.54 bits per heavy atom. The number of hydrogen-bond acceptors (Lipinski definition) is 4. The Morgan fingerprint density at radius 2 is 1.79 bits per heavy atom. The summed E-state index contributed by atoms with van der Waals surface area (Å²) in [4.78, 5) is 14.1. The molecule has 8 heteroatoms. The average molecular weight is 458 g/mol. The van der Waals surface area contributed by atoms with Crippen LogP contribution in [-0.2, 0) is 0 Å². The van der Waals surface area contributed by atoms with Crippen LogP contribution in [0.25, 0.3) is 16.7 Å². The molecular weight excluding hydrogens is 444 g/mol. The van der Waals surface area contributed by atoms with E-state index in [0.29, 0.717) is 27.3 Å². The Balaban J connectivity index is 1.60. The van der Waals surface area contributed by atoms with Gasteiger partial charge in [0, 0.05) is 10.2 Å². The van der Waals surface area contributed by atoms with Gasteiger partial charge in [-0.3, -0.25) is 4.79 Å². The highest BCUT2D eigenvalue weighted by molar-refractivity contribution is 9.10. The maximum atomic E-state index is 12.5. The third kappa shape index (κ3) is 3.72. The van der Waals surface area contributed by atoms with E-state index in [0.717, 1.165) is 15.9 Å². The molecule has 0 spiro atoms. The second-order valence-corrected chi connectivity index (χ2v) is 7.29. The molecule has 1 amide bonds. The summed E-state index contributed by atoms with van der Waals surface area (Å²) in [6, 6.07) is 17.9. The number of anilines is 1. The number of halogens is 2. The zero-order valence-corrected chi connectivity index (χ0v) is 17.0. The standard InChI is InChI=1S/C20H14BrClN4O2/c1-28-15-6-4-14(5-7-15)26-24-18-9-3-13(11-19(18)25-26)23-20(27)16-10-12(21)2-8-17(16)22/h2-11H,1H3,(H,23,27).